The van der Waals surface area contributed by atoms with Crippen molar-refractivity contribution in [3.05, 3.63) is 45.7 Å². The maximum Gasteiger partial charge on any atom is 0.255 e. The number of carbonyl (C=O) groups is 2. The first kappa shape index (κ1) is 15.5. The Morgan fingerprint density at radius 1 is 1.43 bits per heavy atom. The number of hydrogen-bond acceptors (Lipinski definition) is 3. The van der Waals surface area contributed by atoms with E-state index < -0.39 is 0 Å². The molecule has 0 unspecified atom stereocenters. The monoisotopic (exact) mass is 370 g/mol. The second kappa shape index (κ2) is 6.73. The molecule has 0 saturated heterocycles. The molecular weight excluding hydrogens is 360 g/mol. The fourth-order valence-electron chi connectivity index (χ4n) is 1.58. The third kappa shape index (κ3) is 4.05. The number of hydrogen-bond donors (Lipinski definition) is 2. The Morgan fingerprint density at radius 3 is 2.86 bits per heavy atom. The summed E-state index contributed by atoms with van der Waals surface area (Å²) in [4.78, 5) is 23.3. The number of aromatic nitrogens is 2. The molecule has 0 saturated carbocycles. The van der Waals surface area contributed by atoms with E-state index >= 15 is 0 Å². The van der Waals surface area contributed by atoms with Crippen molar-refractivity contribution in [2.24, 2.45) is 0 Å². The number of nitrogens with one attached hydrogen (secondary N) is 2. The van der Waals surface area contributed by atoms with E-state index in [-0.39, 0.29) is 18.4 Å². The normalized spacial score (nSPS) is 10.2. The van der Waals surface area contributed by atoms with Gasteiger partial charge < -0.3 is 10.6 Å². The molecule has 0 aliphatic carbocycles. The number of nitrogens with zero attached hydrogens (tertiary/aromatic N) is 2. The van der Waals surface area contributed by atoms with Gasteiger partial charge in [0.15, 0.2) is 0 Å². The SMILES string of the molecule is CNC(=O)Cn1cc(NC(=O)c2ccc(Cl)c(Br)c2)cn1. The van der Waals surface area contributed by atoms with Gasteiger partial charge in [0.25, 0.3) is 5.91 Å². The second-order valence-corrected chi connectivity index (χ2v) is 5.44. The van der Waals surface area contributed by atoms with Crippen LogP contribution in [0.2, 0.25) is 5.02 Å². The first-order valence-electron chi connectivity index (χ1n) is 5.99. The Morgan fingerprint density at radius 2 is 2.19 bits per heavy atom. The predicted molar refractivity (Wildman–Crippen MR) is 83.4 cm³/mol. The number of anilines is 1. The molecule has 0 aliphatic rings. The van der Waals surface area contributed by atoms with Crippen LogP contribution in [0, 0.1) is 0 Å². The zero-order chi connectivity index (χ0) is 15.4. The molecule has 110 valence electrons. The van der Waals surface area contributed by atoms with E-state index in [4.69, 9.17) is 11.6 Å². The number of amides is 2. The molecule has 0 spiro atoms. The van der Waals surface area contributed by atoms with Gasteiger partial charge in [-0.25, -0.2) is 0 Å². The number of rotatable bonds is 4. The molecule has 2 rings (SSSR count). The molecule has 0 fully saturated rings. The van der Waals surface area contributed by atoms with E-state index in [1.54, 1.807) is 31.4 Å². The Balaban J connectivity index is 2.05. The van der Waals surface area contributed by atoms with Gasteiger partial charge in [-0.3, -0.25) is 14.3 Å². The molecule has 0 bridgehead atoms. The van der Waals surface area contributed by atoms with Crippen LogP contribution in [-0.2, 0) is 11.3 Å². The van der Waals surface area contributed by atoms with Crippen LogP contribution in [0.1, 0.15) is 10.4 Å². The maximum atomic E-state index is 12.1. The average molecular weight is 372 g/mol. The van der Waals surface area contributed by atoms with Crippen molar-refractivity contribution in [2.75, 3.05) is 12.4 Å². The number of halogens is 2. The summed E-state index contributed by atoms with van der Waals surface area (Å²) in [5, 5.41) is 9.72. The van der Waals surface area contributed by atoms with Crippen LogP contribution < -0.4 is 10.6 Å². The van der Waals surface area contributed by atoms with Crippen LogP contribution in [0.25, 0.3) is 0 Å². The van der Waals surface area contributed by atoms with E-state index in [0.717, 1.165) is 0 Å². The van der Waals surface area contributed by atoms with Gasteiger partial charge in [-0.15, -0.1) is 0 Å². The van der Waals surface area contributed by atoms with Crippen LogP contribution in [0.3, 0.4) is 0 Å². The van der Waals surface area contributed by atoms with E-state index in [9.17, 15) is 9.59 Å². The molecule has 0 radical (unpaired) electrons. The van der Waals surface area contributed by atoms with Crippen molar-refractivity contribution in [1.82, 2.24) is 15.1 Å². The summed E-state index contributed by atoms with van der Waals surface area (Å²) in [6.45, 7) is 0.0961. The molecular formula is C13H12BrClN4O2. The van der Waals surface area contributed by atoms with Crippen LogP contribution in [0.4, 0.5) is 5.69 Å². The van der Waals surface area contributed by atoms with Crippen molar-refractivity contribution in [3.8, 4) is 0 Å². The molecule has 6 nitrogen and oxygen atoms in total. The molecule has 2 N–H and O–H groups in total. The average Bonchev–Trinajstić information content (AvgIpc) is 2.88. The quantitative estimate of drug-likeness (QED) is 0.866. The van der Waals surface area contributed by atoms with Crippen LogP contribution >= 0.6 is 27.5 Å². The Hall–Kier alpha value is -1.86. The Kier molecular flexibility index (Phi) is 4.98. The molecule has 2 amide bonds. The predicted octanol–water partition coefficient (Wildman–Crippen LogP) is 2.30. The van der Waals surface area contributed by atoms with Gasteiger partial charge in [0, 0.05) is 23.3 Å². The Labute approximate surface area is 134 Å². The molecule has 0 aliphatic heterocycles. The van der Waals surface area contributed by atoms with E-state index in [0.29, 0.717) is 20.7 Å². The summed E-state index contributed by atoms with van der Waals surface area (Å²) in [7, 11) is 1.55. The smallest absolute Gasteiger partial charge is 0.255 e. The fourth-order valence-corrected chi connectivity index (χ4v) is 2.08. The summed E-state index contributed by atoms with van der Waals surface area (Å²) in [6.07, 6.45) is 3.06. The minimum atomic E-state index is -0.285. The highest BCUT2D eigenvalue weighted by molar-refractivity contribution is 9.10. The number of likely N-dealkylation sites (N-methyl/N-ethyl adjacent to an activating group) is 1. The van der Waals surface area contributed by atoms with Crippen molar-refractivity contribution in [2.45, 2.75) is 6.54 Å². The van der Waals surface area contributed by atoms with Crippen molar-refractivity contribution in [1.29, 1.82) is 0 Å². The van der Waals surface area contributed by atoms with Crippen LogP contribution in [0.15, 0.2) is 35.1 Å². The fraction of sp³-hybridized carbons (Fsp3) is 0.154. The van der Waals surface area contributed by atoms with E-state index in [1.807, 2.05) is 0 Å². The van der Waals surface area contributed by atoms with Crippen LogP contribution in [-0.4, -0.2) is 28.6 Å². The topological polar surface area (TPSA) is 76.0 Å². The highest BCUT2D eigenvalue weighted by Crippen LogP contribution is 2.23. The van der Waals surface area contributed by atoms with Gasteiger partial charge in [-0.2, -0.15) is 5.10 Å². The second-order valence-electron chi connectivity index (χ2n) is 4.18. The van der Waals surface area contributed by atoms with E-state index in [2.05, 4.69) is 31.7 Å². The number of carbonyl (C=O) groups excluding carboxylic acids is 2. The zero-order valence-corrected chi connectivity index (χ0v) is 13.4. The molecule has 2 aromatic rings. The number of benzene rings is 1. The zero-order valence-electron chi connectivity index (χ0n) is 11.1. The van der Waals surface area contributed by atoms with Crippen LogP contribution in [0.5, 0.6) is 0 Å². The lowest BCUT2D eigenvalue weighted by Crippen LogP contribution is -2.23. The lowest BCUT2D eigenvalue weighted by molar-refractivity contribution is -0.121. The minimum absolute atomic E-state index is 0.0961. The van der Waals surface area contributed by atoms with Gasteiger partial charge in [0.1, 0.15) is 6.54 Å². The van der Waals surface area contributed by atoms with Gasteiger partial charge in [0.05, 0.1) is 16.9 Å². The Bertz CT molecular complexity index is 687. The maximum absolute atomic E-state index is 12.1. The standard InChI is InChI=1S/C13H12BrClN4O2/c1-16-12(20)7-19-6-9(5-17-19)18-13(21)8-2-3-11(15)10(14)4-8/h2-6H,7H2,1H3,(H,16,20)(H,18,21). The van der Waals surface area contributed by atoms with Crippen molar-refractivity contribution >= 4 is 45.0 Å². The molecule has 1 aromatic carbocycles. The third-order valence-corrected chi connectivity index (χ3v) is 3.87. The molecule has 21 heavy (non-hydrogen) atoms. The van der Waals surface area contributed by atoms with Gasteiger partial charge >= 0.3 is 0 Å². The minimum Gasteiger partial charge on any atom is -0.358 e. The molecule has 1 heterocycles. The first-order chi connectivity index (χ1) is 9.99. The van der Waals surface area contributed by atoms with Gasteiger partial charge in [0.2, 0.25) is 5.91 Å². The summed E-state index contributed by atoms with van der Waals surface area (Å²) < 4.78 is 2.08. The highest BCUT2D eigenvalue weighted by Gasteiger charge is 2.10. The summed E-state index contributed by atoms with van der Waals surface area (Å²) in [6, 6.07) is 4.89. The molecule has 1 aromatic heterocycles. The first-order valence-corrected chi connectivity index (χ1v) is 7.16. The highest BCUT2D eigenvalue weighted by atomic mass is 79.9. The van der Waals surface area contributed by atoms with Gasteiger partial charge in [-0.1, -0.05) is 11.6 Å². The van der Waals surface area contributed by atoms with Crippen molar-refractivity contribution < 1.29 is 9.59 Å². The summed E-state index contributed by atoms with van der Waals surface area (Å²) in [5.41, 5.74) is 0.973. The molecule has 8 heteroatoms. The largest absolute Gasteiger partial charge is 0.358 e. The van der Waals surface area contributed by atoms with Gasteiger partial charge in [-0.05, 0) is 34.1 Å². The van der Waals surface area contributed by atoms with E-state index in [1.165, 1.54) is 10.9 Å². The summed E-state index contributed by atoms with van der Waals surface area (Å²) in [5.74, 6) is -0.454. The lowest BCUT2D eigenvalue weighted by atomic mass is 10.2. The van der Waals surface area contributed by atoms with Crippen molar-refractivity contribution in [3.63, 3.8) is 0 Å². The lowest BCUT2D eigenvalue weighted by Gasteiger charge is -2.04. The third-order valence-electron chi connectivity index (χ3n) is 2.66. The summed E-state index contributed by atoms with van der Waals surface area (Å²) >= 11 is 9.15. The molecule has 0 atom stereocenters.